The van der Waals surface area contributed by atoms with Gasteiger partial charge >= 0.3 is 0 Å². The number of carbonyl (C=O) groups is 2. The number of nitrogens with two attached hydrogens (primary N) is 1. The first-order valence-electron chi connectivity index (χ1n) is 7.18. The highest BCUT2D eigenvalue weighted by atomic mass is 79.9. The van der Waals surface area contributed by atoms with E-state index in [0.29, 0.717) is 31.9 Å². The summed E-state index contributed by atoms with van der Waals surface area (Å²) in [6.45, 7) is 3.74. The highest BCUT2D eigenvalue weighted by Crippen LogP contribution is 2.16. The minimum absolute atomic E-state index is 0.00285. The highest BCUT2D eigenvalue weighted by Gasteiger charge is 2.25. The summed E-state index contributed by atoms with van der Waals surface area (Å²) in [7, 11) is 0. The van der Waals surface area contributed by atoms with Gasteiger partial charge in [-0.05, 0) is 31.2 Å². The molecule has 22 heavy (non-hydrogen) atoms. The van der Waals surface area contributed by atoms with Crippen molar-refractivity contribution in [2.75, 3.05) is 32.8 Å². The van der Waals surface area contributed by atoms with Crippen LogP contribution < -0.4 is 10.5 Å². The predicted molar refractivity (Wildman–Crippen MR) is 86.4 cm³/mol. The summed E-state index contributed by atoms with van der Waals surface area (Å²) >= 11 is 3.34. The molecule has 0 radical (unpaired) electrons. The fourth-order valence-electron chi connectivity index (χ4n) is 2.23. The summed E-state index contributed by atoms with van der Waals surface area (Å²) < 4.78 is 6.44. The Kier molecular flexibility index (Phi) is 5.79. The van der Waals surface area contributed by atoms with Crippen LogP contribution in [0.1, 0.15) is 6.92 Å². The molecule has 1 aliphatic rings. The second kappa shape index (κ2) is 7.60. The van der Waals surface area contributed by atoms with Gasteiger partial charge in [0.15, 0.2) is 6.61 Å². The van der Waals surface area contributed by atoms with Crippen molar-refractivity contribution in [1.82, 2.24) is 9.80 Å². The van der Waals surface area contributed by atoms with E-state index in [2.05, 4.69) is 15.9 Å². The number of amides is 2. The largest absolute Gasteiger partial charge is 0.484 e. The Morgan fingerprint density at radius 2 is 1.73 bits per heavy atom. The topological polar surface area (TPSA) is 75.9 Å². The summed E-state index contributed by atoms with van der Waals surface area (Å²) in [4.78, 5) is 27.3. The molecule has 1 saturated heterocycles. The van der Waals surface area contributed by atoms with Crippen molar-refractivity contribution in [3.63, 3.8) is 0 Å². The Morgan fingerprint density at radius 3 is 2.27 bits per heavy atom. The molecule has 1 aliphatic heterocycles. The summed E-state index contributed by atoms with van der Waals surface area (Å²) in [5.41, 5.74) is 5.59. The molecule has 1 aromatic carbocycles. The van der Waals surface area contributed by atoms with E-state index in [1.165, 1.54) is 0 Å². The SMILES string of the molecule is C[C@H](N)C(=O)N1CCN(C(=O)COc2ccc(Br)cc2)CC1. The molecule has 1 aromatic rings. The van der Waals surface area contributed by atoms with Crippen molar-refractivity contribution in [3.05, 3.63) is 28.7 Å². The second-order valence-electron chi connectivity index (χ2n) is 5.24. The van der Waals surface area contributed by atoms with Crippen LogP contribution in [0.5, 0.6) is 5.75 Å². The fourth-order valence-corrected chi connectivity index (χ4v) is 2.50. The second-order valence-corrected chi connectivity index (χ2v) is 6.15. The molecule has 0 bridgehead atoms. The van der Waals surface area contributed by atoms with Crippen LogP contribution in [0.3, 0.4) is 0 Å². The third kappa shape index (κ3) is 4.45. The molecule has 1 atom stereocenters. The normalized spacial score (nSPS) is 16.3. The van der Waals surface area contributed by atoms with Crippen LogP contribution in [0.4, 0.5) is 0 Å². The van der Waals surface area contributed by atoms with Gasteiger partial charge in [0.1, 0.15) is 5.75 Å². The molecular formula is C15H20BrN3O3. The number of nitrogens with zero attached hydrogens (tertiary/aromatic N) is 2. The van der Waals surface area contributed by atoms with Gasteiger partial charge in [-0.3, -0.25) is 9.59 Å². The van der Waals surface area contributed by atoms with E-state index in [1.54, 1.807) is 28.9 Å². The number of hydrogen-bond donors (Lipinski definition) is 1. The number of hydrogen-bond acceptors (Lipinski definition) is 4. The Morgan fingerprint density at radius 1 is 1.18 bits per heavy atom. The quantitative estimate of drug-likeness (QED) is 0.853. The minimum Gasteiger partial charge on any atom is -0.484 e. The fraction of sp³-hybridized carbons (Fsp3) is 0.467. The minimum atomic E-state index is -0.497. The van der Waals surface area contributed by atoms with Gasteiger partial charge in [0, 0.05) is 30.7 Å². The van der Waals surface area contributed by atoms with Crippen LogP contribution in [0, 0.1) is 0 Å². The number of benzene rings is 1. The lowest BCUT2D eigenvalue weighted by Crippen LogP contribution is -2.54. The van der Waals surface area contributed by atoms with E-state index in [4.69, 9.17) is 10.5 Å². The van der Waals surface area contributed by atoms with Gasteiger partial charge in [0.05, 0.1) is 6.04 Å². The Balaban J connectivity index is 1.77. The monoisotopic (exact) mass is 369 g/mol. The summed E-state index contributed by atoms with van der Waals surface area (Å²) in [5.74, 6) is 0.511. The Bertz CT molecular complexity index is 525. The van der Waals surface area contributed by atoms with Crippen LogP contribution in [-0.2, 0) is 9.59 Å². The number of carbonyl (C=O) groups excluding carboxylic acids is 2. The molecule has 2 N–H and O–H groups in total. The van der Waals surface area contributed by atoms with Gasteiger partial charge in [-0.2, -0.15) is 0 Å². The van der Waals surface area contributed by atoms with Crippen molar-refractivity contribution in [1.29, 1.82) is 0 Å². The lowest BCUT2D eigenvalue weighted by Gasteiger charge is -2.35. The molecular weight excluding hydrogens is 350 g/mol. The van der Waals surface area contributed by atoms with Crippen molar-refractivity contribution in [2.24, 2.45) is 5.73 Å². The number of piperazine rings is 1. The first-order chi connectivity index (χ1) is 10.5. The molecule has 7 heteroatoms. The van der Waals surface area contributed by atoms with Crippen LogP contribution in [0.2, 0.25) is 0 Å². The van der Waals surface area contributed by atoms with Gasteiger partial charge in [-0.1, -0.05) is 15.9 Å². The summed E-state index contributed by atoms with van der Waals surface area (Å²) in [5, 5.41) is 0. The molecule has 1 heterocycles. The first-order valence-corrected chi connectivity index (χ1v) is 7.97. The molecule has 0 unspecified atom stereocenters. The van der Waals surface area contributed by atoms with Gasteiger partial charge in [-0.25, -0.2) is 0 Å². The Hall–Kier alpha value is -1.60. The van der Waals surface area contributed by atoms with Crippen molar-refractivity contribution in [3.8, 4) is 5.75 Å². The maximum atomic E-state index is 12.1. The smallest absolute Gasteiger partial charge is 0.260 e. The van der Waals surface area contributed by atoms with Crippen molar-refractivity contribution < 1.29 is 14.3 Å². The third-order valence-electron chi connectivity index (χ3n) is 3.51. The van der Waals surface area contributed by atoms with E-state index >= 15 is 0 Å². The average Bonchev–Trinajstić information content (AvgIpc) is 2.53. The molecule has 2 amide bonds. The van der Waals surface area contributed by atoms with E-state index in [0.717, 1.165) is 4.47 Å². The molecule has 0 spiro atoms. The molecule has 6 nitrogen and oxygen atoms in total. The predicted octanol–water partition coefficient (Wildman–Crippen LogP) is 0.846. The zero-order valence-electron chi connectivity index (χ0n) is 12.5. The standard InChI is InChI=1S/C15H20BrN3O3/c1-11(17)15(21)19-8-6-18(7-9-19)14(20)10-22-13-4-2-12(16)3-5-13/h2-5,11H,6-10,17H2,1H3/t11-/m0/s1. The Labute approximate surface area is 138 Å². The van der Waals surface area contributed by atoms with Gasteiger partial charge in [0.2, 0.25) is 5.91 Å². The number of halogens is 1. The molecule has 0 aliphatic carbocycles. The average molecular weight is 370 g/mol. The van der Waals surface area contributed by atoms with E-state index < -0.39 is 6.04 Å². The van der Waals surface area contributed by atoms with E-state index in [9.17, 15) is 9.59 Å². The lowest BCUT2D eigenvalue weighted by molar-refractivity contribution is -0.141. The van der Waals surface area contributed by atoms with Crippen LogP contribution in [-0.4, -0.2) is 60.4 Å². The highest BCUT2D eigenvalue weighted by molar-refractivity contribution is 9.10. The lowest BCUT2D eigenvalue weighted by atomic mass is 10.2. The first kappa shape index (κ1) is 16.8. The summed E-state index contributed by atoms with van der Waals surface area (Å²) in [6, 6.07) is 6.83. The van der Waals surface area contributed by atoms with Crippen LogP contribution in [0.25, 0.3) is 0 Å². The van der Waals surface area contributed by atoms with Gasteiger partial charge < -0.3 is 20.3 Å². The van der Waals surface area contributed by atoms with Crippen molar-refractivity contribution >= 4 is 27.7 Å². The van der Waals surface area contributed by atoms with Gasteiger partial charge in [-0.15, -0.1) is 0 Å². The number of ether oxygens (including phenoxy) is 1. The molecule has 0 saturated carbocycles. The van der Waals surface area contributed by atoms with E-state index in [1.807, 2.05) is 12.1 Å². The zero-order valence-corrected chi connectivity index (χ0v) is 14.1. The third-order valence-corrected chi connectivity index (χ3v) is 4.04. The maximum Gasteiger partial charge on any atom is 0.260 e. The van der Waals surface area contributed by atoms with Crippen LogP contribution in [0.15, 0.2) is 28.7 Å². The maximum absolute atomic E-state index is 12.1. The van der Waals surface area contributed by atoms with Gasteiger partial charge in [0.25, 0.3) is 5.91 Å². The molecule has 0 aromatic heterocycles. The van der Waals surface area contributed by atoms with Crippen molar-refractivity contribution in [2.45, 2.75) is 13.0 Å². The molecule has 2 rings (SSSR count). The van der Waals surface area contributed by atoms with E-state index in [-0.39, 0.29) is 18.4 Å². The molecule has 120 valence electrons. The number of rotatable bonds is 4. The zero-order chi connectivity index (χ0) is 16.1. The van der Waals surface area contributed by atoms with Crippen LogP contribution >= 0.6 is 15.9 Å². The summed E-state index contributed by atoms with van der Waals surface area (Å²) in [6.07, 6.45) is 0. The molecule has 1 fully saturated rings.